The molecular weight excluding hydrogens is 434 g/mol. The predicted octanol–water partition coefficient (Wildman–Crippen LogP) is 3.84. The first-order chi connectivity index (χ1) is 15.5. The molecule has 1 N–H and O–H groups in total. The molecule has 3 aliphatic carbocycles. The van der Waals surface area contributed by atoms with Crippen LogP contribution in [0.25, 0.3) is 0 Å². The number of nitrogens with zero attached hydrogens (tertiary/aromatic N) is 1. The van der Waals surface area contributed by atoms with Crippen LogP contribution in [0.15, 0.2) is 16.5 Å². The molecule has 2 aliphatic heterocycles. The van der Waals surface area contributed by atoms with Crippen molar-refractivity contribution in [3.05, 3.63) is 11.3 Å². The molecule has 2 heterocycles. The molecule has 2 saturated carbocycles. The Hall–Kier alpha value is -1.15. The molecule has 5 unspecified atom stereocenters. The molecule has 0 aromatic rings. The fourth-order valence-corrected chi connectivity index (χ4v) is 7.28. The van der Waals surface area contributed by atoms with Crippen LogP contribution in [0.2, 0.25) is 0 Å². The van der Waals surface area contributed by atoms with Gasteiger partial charge in [-0.25, -0.2) is 0 Å². The number of hydrogen-bond donors (Lipinski definition) is 1. The van der Waals surface area contributed by atoms with Gasteiger partial charge >= 0.3 is 0 Å². The van der Waals surface area contributed by atoms with Crippen LogP contribution in [-0.2, 0) is 23.7 Å². The van der Waals surface area contributed by atoms with Crippen LogP contribution in [0.5, 0.6) is 0 Å². The van der Waals surface area contributed by atoms with E-state index < -0.39 is 23.0 Å². The number of carbonyl (C=O) groups is 1. The van der Waals surface area contributed by atoms with Gasteiger partial charge in [0.05, 0.1) is 35.3 Å². The van der Waals surface area contributed by atoms with E-state index in [4.69, 9.17) is 30.5 Å². The zero-order valence-corrected chi connectivity index (χ0v) is 19.8. The zero-order chi connectivity index (χ0) is 22.6. The highest BCUT2D eigenvalue weighted by Gasteiger charge is 2.68. The van der Waals surface area contributed by atoms with Crippen LogP contribution < -0.4 is 0 Å². The third kappa shape index (κ3) is 3.18. The Morgan fingerprint density at radius 2 is 1.84 bits per heavy atom. The molecule has 8 atom stereocenters. The summed E-state index contributed by atoms with van der Waals surface area (Å²) >= 11 is 6.79. The molecule has 178 valence electrons. The molecule has 0 radical (unpaired) electrons. The molecule has 5 aliphatic rings. The van der Waals surface area contributed by atoms with Crippen LogP contribution >= 0.6 is 11.6 Å². The van der Waals surface area contributed by atoms with Gasteiger partial charge in [0, 0.05) is 38.6 Å². The van der Waals surface area contributed by atoms with Crippen molar-refractivity contribution in [3.63, 3.8) is 0 Å². The van der Waals surface area contributed by atoms with Crippen molar-refractivity contribution in [3.8, 4) is 0 Å². The topological polar surface area (TPSA) is 86.6 Å². The van der Waals surface area contributed by atoms with Gasteiger partial charge in [0.15, 0.2) is 11.4 Å². The first-order valence-corrected chi connectivity index (χ1v) is 12.4. The summed E-state index contributed by atoms with van der Waals surface area (Å²) in [6.45, 7) is 1.97. The van der Waals surface area contributed by atoms with E-state index in [1.165, 1.54) is 19.3 Å². The molecule has 0 aromatic heterocycles. The second-order valence-electron chi connectivity index (χ2n) is 10.2. The number of alkyl halides is 1. The predicted molar refractivity (Wildman–Crippen MR) is 118 cm³/mol. The van der Waals surface area contributed by atoms with Crippen LogP contribution in [0, 0.1) is 17.8 Å². The Bertz CT molecular complexity index is 823. The summed E-state index contributed by atoms with van der Waals surface area (Å²) in [5.74, 6) is 0.279. The molecule has 0 aromatic carbocycles. The molecule has 0 amide bonds. The van der Waals surface area contributed by atoms with Crippen molar-refractivity contribution in [2.45, 2.75) is 93.7 Å². The Balaban J connectivity index is 1.54. The number of rotatable bonds is 3. The van der Waals surface area contributed by atoms with E-state index in [1.54, 1.807) is 14.2 Å². The minimum atomic E-state index is -1.21. The van der Waals surface area contributed by atoms with Gasteiger partial charge in [-0.2, -0.15) is 0 Å². The summed E-state index contributed by atoms with van der Waals surface area (Å²) in [6, 6.07) is 0. The lowest BCUT2D eigenvalue weighted by molar-refractivity contribution is -0.143. The highest BCUT2D eigenvalue weighted by atomic mass is 35.5. The van der Waals surface area contributed by atoms with E-state index in [0.717, 1.165) is 18.4 Å². The van der Waals surface area contributed by atoms with E-state index in [9.17, 15) is 10.0 Å². The molecule has 0 bridgehead atoms. The highest BCUT2D eigenvalue weighted by Crippen LogP contribution is 2.56. The smallest absolute Gasteiger partial charge is 0.187 e. The second kappa shape index (κ2) is 8.57. The Morgan fingerprint density at radius 1 is 1.12 bits per heavy atom. The number of ketones is 1. The molecule has 32 heavy (non-hydrogen) atoms. The lowest BCUT2D eigenvalue weighted by atomic mass is 9.69. The number of halogens is 1. The minimum Gasteiger partial charge on any atom is -0.490 e. The van der Waals surface area contributed by atoms with Gasteiger partial charge in [-0.05, 0) is 25.2 Å². The van der Waals surface area contributed by atoms with Crippen molar-refractivity contribution < 1.29 is 28.9 Å². The van der Waals surface area contributed by atoms with Crippen molar-refractivity contribution in [1.29, 1.82) is 0 Å². The van der Waals surface area contributed by atoms with Gasteiger partial charge in [-0.3, -0.25) is 4.79 Å². The van der Waals surface area contributed by atoms with Crippen molar-refractivity contribution >= 4 is 23.1 Å². The number of methoxy groups -OCH3 is 2. The molecular formula is C24H34ClNO6. The van der Waals surface area contributed by atoms with Gasteiger partial charge in [-0.1, -0.05) is 31.3 Å². The molecule has 3 fully saturated rings. The summed E-state index contributed by atoms with van der Waals surface area (Å²) in [4.78, 5) is 14.1. The highest BCUT2D eigenvalue weighted by molar-refractivity contribution is 6.22. The largest absolute Gasteiger partial charge is 0.490 e. The number of ether oxygens (including phenoxy) is 4. The summed E-state index contributed by atoms with van der Waals surface area (Å²) in [7, 11) is 3.25. The summed E-state index contributed by atoms with van der Waals surface area (Å²) in [5.41, 5.74) is 0.245. The Labute approximate surface area is 194 Å². The van der Waals surface area contributed by atoms with Crippen molar-refractivity contribution in [2.24, 2.45) is 22.9 Å². The summed E-state index contributed by atoms with van der Waals surface area (Å²) in [5, 5.41) is 12.9. The standard InChI is InChI=1S/C24H34ClNO6/c1-12-9-15(26-28)14-10-16(13-7-5-4-6-8-13)31-23(14)24(12)22(27)19-17(29-2)11-18(30-3)20(25)21(19)32-24/h12-13,16-21,28H,4-11H2,1-3H3/b26-15+/t12-,16+,17?,18?,19?,20?,21?,24-/m1/s1. The van der Waals surface area contributed by atoms with Crippen LogP contribution in [0.1, 0.15) is 58.3 Å². The first-order valence-electron chi connectivity index (χ1n) is 12.0. The maximum absolute atomic E-state index is 14.1. The van der Waals surface area contributed by atoms with E-state index in [0.29, 0.717) is 36.7 Å². The maximum Gasteiger partial charge on any atom is 0.187 e. The van der Waals surface area contributed by atoms with Gasteiger partial charge in [0.2, 0.25) is 0 Å². The number of oxime groups is 1. The molecule has 5 rings (SSSR count). The number of Topliss-reactive ketones (excluding diaryl/α,β-unsaturated/α-hetero) is 1. The number of hydrogen-bond acceptors (Lipinski definition) is 7. The van der Waals surface area contributed by atoms with Gasteiger partial charge in [-0.15, -0.1) is 11.6 Å². The third-order valence-electron chi connectivity index (χ3n) is 8.61. The third-order valence-corrected chi connectivity index (χ3v) is 9.14. The number of fused-ring (bicyclic) bond motifs is 2. The zero-order valence-electron chi connectivity index (χ0n) is 19.1. The van der Waals surface area contributed by atoms with E-state index >= 15 is 0 Å². The van der Waals surface area contributed by atoms with Gasteiger partial charge in [0.25, 0.3) is 0 Å². The van der Waals surface area contributed by atoms with Crippen LogP contribution in [0.4, 0.5) is 0 Å². The van der Waals surface area contributed by atoms with E-state index in [2.05, 4.69) is 5.16 Å². The molecule has 8 heteroatoms. The van der Waals surface area contributed by atoms with Gasteiger partial charge in [0.1, 0.15) is 11.9 Å². The average molecular weight is 468 g/mol. The fourth-order valence-electron chi connectivity index (χ4n) is 6.87. The lowest BCUT2D eigenvalue weighted by Gasteiger charge is -2.40. The van der Waals surface area contributed by atoms with E-state index in [1.807, 2.05) is 6.92 Å². The quantitative estimate of drug-likeness (QED) is 0.385. The Morgan fingerprint density at radius 3 is 2.50 bits per heavy atom. The molecule has 1 saturated heterocycles. The van der Waals surface area contributed by atoms with Gasteiger partial charge < -0.3 is 24.2 Å². The van der Waals surface area contributed by atoms with Crippen LogP contribution in [-0.4, -0.2) is 66.3 Å². The van der Waals surface area contributed by atoms with Crippen molar-refractivity contribution in [2.75, 3.05) is 14.2 Å². The average Bonchev–Trinajstić information content (AvgIpc) is 3.39. The van der Waals surface area contributed by atoms with E-state index in [-0.39, 0.29) is 30.0 Å². The van der Waals surface area contributed by atoms with Crippen molar-refractivity contribution in [1.82, 2.24) is 0 Å². The fraction of sp³-hybridized carbons (Fsp3) is 0.833. The Kier molecular flexibility index (Phi) is 6.06. The summed E-state index contributed by atoms with van der Waals surface area (Å²) < 4.78 is 24.6. The minimum absolute atomic E-state index is 0.00463. The van der Waals surface area contributed by atoms with Crippen LogP contribution in [0.3, 0.4) is 0 Å². The first kappa shape index (κ1) is 22.6. The maximum atomic E-state index is 14.1. The lowest BCUT2D eigenvalue weighted by Crippen LogP contribution is -2.52. The number of carbonyl (C=O) groups excluding carboxylic acids is 1. The second-order valence-corrected chi connectivity index (χ2v) is 10.7. The monoisotopic (exact) mass is 467 g/mol. The summed E-state index contributed by atoms with van der Waals surface area (Å²) in [6.07, 6.45) is 6.50. The normalized spacial score (nSPS) is 45.9. The SMILES string of the molecule is COC1CC(OC)C2C(=O)[C@@]3(OC2C1Cl)C1=C(C[C@@H](C2CCCCC2)O1)/C(=N/O)C[C@H]3C. The molecule has 7 nitrogen and oxygen atoms in total. The molecule has 1 spiro atoms.